The van der Waals surface area contributed by atoms with Crippen molar-refractivity contribution in [2.45, 2.75) is 31.7 Å². The Kier molecular flexibility index (Phi) is 5.85. The average Bonchev–Trinajstić information content (AvgIpc) is 3.10. The summed E-state index contributed by atoms with van der Waals surface area (Å²) in [7, 11) is 1.90. The standard InChI is InChI=1S/C22H24N4O2S/c1-16-7-3-6-10-19(16)28-14-20-23-24-22(25(20)2)29-15-21(27)26-12-11-17-8-4-5-9-18(17)13-26/h3-10H,11-15H2,1-2H3. The molecule has 1 aromatic heterocycles. The molecule has 2 heterocycles. The molecule has 7 heteroatoms. The fraction of sp³-hybridized carbons (Fsp3) is 0.318. The Morgan fingerprint density at radius 3 is 2.69 bits per heavy atom. The van der Waals surface area contributed by atoms with Gasteiger partial charge in [-0.05, 0) is 36.1 Å². The minimum Gasteiger partial charge on any atom is -0.485 e. The van der Waals surface area contributed by atoms with Gasteiger partial charge in [0.25, 0.3) is 0 Å². The summed E-state index contributed by atoms with van der Waals surface area (Å²) in [6.45, 7) is 3.80. The quantitative estimate of drug-likeness (QED) is 0.585. The number of aryl methyl sites for hydroxylation is 1. The minimum atomic E-state index is 0.130. The number of hydrogen-bond donors (Lipinski definition) is 0. The molecule has 0 saturated carbocycles. The fourth-order valence-corrected chi connectivity index (χ4v) is 4.22. The Bertz CT molecular complexity index is 1020. The third-order valence-corrected chi connectivity index (χ3v) is 6.19. The molecule has 6 nitrogen and oxygen atoms in total. The van der Waals surface area contributed by atoms with Crippen LogP contribution in [-0.4, -0.2) is 37.9 Å². The number of para-hydroxylation sites is 1. The molecule has 0 atom stereocenters. The lowest BCUT2D eigenvalue weighted by atomic mass is 10.00. The van der Waals surface area contributed by atoms with Crippen molar-refractivity contribution in [2.24, 2.45) is 7.05 Å². The zero-order valence-corrected chi connectivity index (χ0v) is 17.5. The molecule has 0 saturated heterocycles. The van der Waals surface area contributed by atoms with Gasteiger partial charge in [-0.2, -0.15) is 0 Å². The van der Waals surface area contributed by atoms with Crippen LogP contribution in [0.25, 0.3) is 0 Å². The Hall–Kier alpha value is -2.80. The summed E-state index contributed by atoms with van der Waals surface area (Å²) in [6.07, 6.45) is 0.914. The molecule has 0 aliphatic carbocycles. The van der Waals surface area contributed by atoms with E-state index in [1.807, 2.05) is 53.8 Å². The molecule has 3 aromatic rings. The zero-order valence-electron chi connectivity index (χ0n) is 16.7. The van der Waals surface area contributed by atoms with Gasteiger partial charge < -0.3 is 14.2 Å². The molecule has 150 valence electrons. The number of fused-ring (bicyclic) bond motifs is 1. The summed E-state index contributed by atoms with van der Waals surface area (Å²) < 4.78 is 7.75. The van der Waals surface area contributed by atoms with Crippen LogP contribution in [0.2, 0.25) is 0 Å². The van der Waals surface area contributed by atoms with Crippen molar-refractivity contribution in [3.8, 4) is 5.75 Å². The molecule has 0 radical (unpaired) electrons. The van der Waals surface area contributed by atoms with E-state index in [0.29, 0.717) is 18.9 Å². The van der Waals surface area contributed by atoms with E-state index in [1.165, 1.54) is 22.9 Å². The van der Waals surface area contributed by atoms with Crippen LogP contribution in [0.1, 0.15) is 22.5 Å². The van der Waals surface area contributed by atoms with Crippen LogP contribution in [0.5, 0.6) is 5.75 Å². The van der Waals surface area contributed by atoms with Gasteiger partial charge in [0.2, 0.25) is 5.91 Å². The number of hydrogen-bond acceptors (Lipinski definition) is 5. The van der Waals surface area contributed by atoms with E-state index in [1.54, 1.807) is 0 Å². The van der Waals surface area contributed by atoms with Gasteiger partial charge in [-0.15, -0.1) is 10.2 Å². The van der Waals surface area contributed by atoms with Crippen molar-refractivity contribution in [3.05, 3.63) is 71.0 Å². The zero-order chi connectivity index (χ0) is 20.2. The molecule has 0 spiro atoms. The van der Waals surface area contributed by atoms with Crippen LogP contribution in [0.15, 0.2) is 53.7 Å². The summed E-state index contributed by atoms with van der Waals surface area (Å²) in [4.78, 5) is 14.6. The third-order valence-electron chi connectivity index (χ3n) is 5.18. The van der Waals surface area contributed by atoms with Gasteiger partial charge in [0.1, 0.15) is 12.4 Å². The minimum absolute atomic E-state index is 0.130. The van der Waals surface area contributed by atoms with Crippen molar-refractivity contribution >= 4 is 17.7 Å². The van der Waals surface area contributed by atoms with Crippen molar-refractivity contribution in [2.75, 3.05) is 12.3 Å². The Morgan fingerprint density at radius 1 is 1.10 bits per heavy atom. The van der Waals surface area contributed by atoms with Gasteiger partial charge in [-0.1, -0.05) is 54.2 Å². The SMILES string of the molecule is Cc1ccccc1OCc1nnc(SCC(=O)N2CCc3ccccc3C2)n1C. The first-order chi connectivity index (χ1) is 14.1. The van der Waals surface area contributed by atoms with Crippen LogP contribution in [-0.2, 0) is 31.4 Å². The molecular formula is C22H24N4O2S. The lowest BCUT2D eigenvalue weighted by Gasteiger charge is -2.28. The molecule has 1 aliphatic rings. The maximum atomic E-state index is 12.7. The predicted octanol–water partition coefficient (Wildman–Crippen LogP) is 3.38. The number of thioether (sulfide) groups is 1. The number of carbonyl (C=O) groups is 1. The average molecular weight is 409 g/mol. The van der Waals surface area contributed by atoms with E-state index in [0.717, 1.165) is 35.3 Å². The highest BCUT2D eigenvalue weighted by Crippen LogP contribution is 2.22. The van der Waals surface area contributed by atoms with E-state index in [4.69, 9.17) is 4.74 Å². The van der Waals surface area contributed by atoms with Crippen LogP contribution in [0.3, 0.4) is 0 Å². The number of nitrogens with zero attached hydrogens (tertiary/aromatic N) is 4. The first kappa shape index (κ1) is 19.5. The Labute approximate surface area is 174 Å². The number of benzene rings is 2. The second-order valence-corrected chi connectivity index (χ2v) is 8.08. The van der Waals surface area contributed by atoms with Gasteiger partial charge in [-0.3, -0.25) is 4.79 Å². The van der Waals surface area contributed by atoms with Gasteiger partial charge >= 0.3 is 0 Å². The number of ether oxygens (including phenoxy) is 1. The van der Waals surface area contributed by atoms with Crippen LogP contribution >= 0.6 is 11.8 Å². The molecule has 0 fully saturated rings. The van der Waals surface area contributed by atoms with Gasteiger partial charge in [0.05, 0.1) is 5.75 Å². The number of amides is 1. The molecule has 0 bridgehead atoms. The lowest BCUT2D eigenvalue weighted by Crippen LogP contribution is -2.37. The summed E-state index contributed by atoms with van der Waals surface area (Å²) in [5.41, 5.74) is 3.67. The number of aromatic nitrogens is 3. The van der Waals surface area contributed by atoms with Crippen LogP contribution in [0, 0.1) is 6.92 Å². The number of carbonyl (C=O) groups excluding carboxylic acids is 1. The van der Waals surface area contributed by atoms with Crippen molar-refractivity contribution in [3.63, 3.8) is 0 Å². The van der Waals surface area contributed by atoms with E-state index in [9.17, 15) is 4.79 Å². The topological polar surface area (TPSA) is 60.3 Å². The van der Waals surface area contributed by atoms with Crippen molar-refractivity contribution < 1.29 is 9.53 Å². The van der Waals surface area contributed by atoms with E-state index < -0.39 is 0 Å². The first-order valence-corrected chi connectivity index (χ1v) is 10.6. The maximum absolute atomic E-state index is 12.7. The van der Waals surface area contributed by atoms with E-state index in [2.05, 4.69) is 28.4 Å². The second kappa shape index (κ2) is 8.69. The molecule has 2 aromatic carbocycles. The van der Waals surface area contributed by atoms with Crippen molar-refractivity contribution in [1.29, 1.82) is 0 Å². The second-order valence-electron chi connectivity index (χ2n) is 7.13. The highest BCUT2D eigenvalue weighted by molar-refractivity contribution is 7.99. The highest BCUT2D eigenvalue weighted by Gasteiger charge is 2.21. The lowest BCUT2D eigenvalue weighted by molar-refractivity contribution is -0.129. The molecule has 29 heavy (non-hydrogen) atoms. The Morgan fingerprint density at radius 2 is 1.86 bits per heavy atom. The van der Waals surface area contributed by atoms with Gasteiger partial charge in [0, 0.05) is 20.1 Å². The van der Waals surface area contributed by atoms with Crippen LogP contribution < -0.4 is 4.74 Å². The smallest absolute Gasteiger partial charge is 0.233 e. The maximum Gasteiger partial charge on any atom is 0.233 e. The molecule has 0 unspecified atom stereocenters. The summed E-state index contributed by atoms with van der Waals surface area (Å²) >= 11 is 1.42. The largest absolute Gasteiger partial charge is 0.485 e. The molecule has 1 aliphatic heterocycles. The van der Waals surface area contributed by atoms with Crippen LogP contribution in [0.4, 0.5) is 0 Å². The normalized spacial score (nSPS) is 13.2. The molecule has 0 N–H and O–H groups in total. The third kappa shape index (κ3) is 4.45. The molecule has 4 rings (SSSR count). The monoisotopic (exact) mass is 408 g/mol. The van der Waals surface area contributed by atoms with E-state index >= 15 is 0 Å². The summed E-state index contributed by atoms with van der Waals surface area (Å²) in [5.74, 6) is 2.05. The van der Waals surface area contributed by atoms with E-state index in [-0.39, 0.29) is 5.91 Å². The fourth-order valence-electron chi connectivity index (χ4n) is 3.38. The Balaban J connectivity index is 1.32. The van der Waals surface area contributed by atoms with Gasteiger partial charge in [-0.25, -0.2) is 0 Å². The predicted molar refractivity (Wildman–Crippen MR) is 113 cm³/mol. The number of rotatable bonds is 6. The summed E-state index contributed by atoms with van der Waals surface area (Å²) in [6, 6.07) is 16.2. The molecular weight excluding hydrogens is 384 g/mol. The summed E-state index contributed by atoms with van der Waals surface area (Å²) in [5, 5.41) is 9.17. The van der Waals surface area contributed by atoms with Crippen molar-refractivity contribution in [1.82, 2.24) is 19.7 Å². The van der Waals surface area contributed by atoms with Gasteiger partial charge in [0.15, 0.2) is 11.0 Å². The molecule has 1 amide bonds. The highest BCUT2D eigenvalue weighted by atomic mass is 32.2. The first-order valence-electron chi connectivity index (χ1n) is 9.66.